The molecule has 0 aromatic heterocycles. The highest BCUT2D eigenvalue weighted by atomic mass is 32.2. The van der Waals surface area contributed by atoms with Crippen molar-refractivity contribution in [1.82, 2.24) is 10.0 Å². The summed E-state index contributed by atoms with van der Waals surface area (Å²) in [5.74, 6) is -0.932. The lowest BCUT2D eigenvalue weighted by atomic mass is 9.88. The van der Waals surface area contributed by atoms with Crippen LogP contribution >= 0.6 is 0 Å². The maximum atomic E-state index is 13.6. The molecule has 4 rings (SSSR count). The molecule has 37 heavy (non-hydrogen) atoms. The number of rotatable bonds is 11. The van der Waals surface area contributed by atoms with E-state index in [-0.39, 0.29) is 18.7 Å². The second-order valence-electron chi connectivity index (χ2n) is 9.83. The largest absolute Gasteiger partial charge is 0.391 e. The van der Waals surface area contributed by atoms with E-state index in [0.717, 1.165) is 28.5 Å². The van der Waals surface area contributed by atoms with Gasteiger partial charge in [0.25, 0.3) is 0 Å². The molecule has 0 saturated carbocycles. The number of fused-ring (bicyclic) bond motifs is 1. The van der Waals surface area contributed by atoms with Gasteiger partial charge in [0.1, 0.15) is 0 Å². The van der Waals surface area contributed by atoms with Gasteiger partial charge in [0.15, 0.2) is 0 Å². The van der Waals surface area contributed by atoms with Crippen molar-refractivity contribution >= 4 is 15.9 Å². The van der Waals surface area contributed by atoms with E-state index in [1.165, 1.54) is 0 Å². The second kappa shape index (κ2) is 12.0. The second-order valence-corrected chi connectivity index (χ2v) is 11.6. The normalized spacial score (nSPS) is 19.5. The zero-order valence-corrected chi connectivity index (χ0v) is 21.6. The molecule has 4 N–H and O–H groups in total. The highest BCUT2D eigenvalue weighted by Gasteiger charge is 2.35. The van der Waals surface area contributed by atoms with Gasteiger partial charge >= 0.3 is 0 Å². The first-order valence-corrected chi connectivity index (χ1v) is 14.4. The van der Waals surface area contributed by atoms with Crippen molar-refractivity contribution in [2.45, 2.75) is 50.0 Å². The van der Waals surface area contributed by atoms with Gasteiger partial charge in [-0.2, -0.15) is 0 Å². The van der Waals surface area contributed by atoms with Gasteiger partial charge in [0.2, 0.25) is 15.9 Å². The summed E-state index contributed by atoms with van der Waals surface area (Å²) >= 11 is 0. The van der Waals surface area contributed by atoms with Gasteiger partial charge in [-0.05, 0) is 41.5 Å². The van der Waals surface area contributed by atoms with Crippen LogP contribution in [0, 0.1) is 5.92 Å². The number of hydrogen-bond donors (Lipinski definition) is 4. The third-order valence-electron chi connectivity index (χ3n) is 6.85. The summed E-state index contributed by atoms with van der Waals surface area (Å²) in [6.07, 6.45) is 0.367. The third kappa shape index (κ3) is 7.49. The summed E-state index contributed by atoms with van der Waals surface area (Å²) in [6, 6.07) is 25.1. The summed E-state index contributed by atoms with van der Waals surface area (Å²) in [4.78, 5) is 13.6. The van der Waals surface area contributed by atoms with Crippen LogP contribution in [0.5, 0.6) is 0 Å². The molecule has 0 bridgehead atoms. The van der Waals surface area contributed by atoms with E-state index < -0.39 is 40.2 Å². The Morgan fingerprint density at radius 3 is 2.11 bits per heavy atom. The molecular weight excluding hydrogens is 488 g/mol. The number of benzene rings is 3. The minimum Gasteiger partial charge on any atom is -0.391 e. The molecule has 0 spiro atoms. The molecule has 5 atom stereocenters. The Hall–Kier alpha value is -3.04. The standard InChI is InChI=1S/C29H34N2O5S/c1-37(35,36)31-25(17-21-12-6-3-7-13-21)26(32)19-23(16-20-10-4-2-5-11-20)29(34)30-28-24-15-9-8-14-22(24)18-27(28)33/h2-15,23,25-28,31-33H,16-19H2,1H3,(H,30,34)/t23-,25+,26+,27-,28+/m1/s1. The molecule has 0 fully saturated rings. The molecule has 0 unspecified atom stereocenters. The lowest BCUT2D eigenvalue weighted by molar-refractivity contribution is -0.127. The van der Waals surface area contributed by atoms with Gasteiger partial charge in [-0.25, -0.2) is 13.1 Å². The molecule has 1 aliphatic rings. The average molecular weight is 523 g/mol. The van der Waals surface area contributed by atoms with Crippen LogP contribution in [-0.4, -0.2) is 49.0 Å². The lowest BCUT2D eigenvalue weighted by Gasteiger charge is -2.28. The van der Waals surface area contributed by atoms with Crippen molar-refractivity contribution in [1.29, 1.82) is 0 Å². The van der Waals surface area contributed by atoms with E-state index in [0.29, 0.717) is 12.8 Å². The van der Waals surface area contributed by atoms with Crippen molar-refractivity contribution in [3.05, 3.63) is 107 Å². The predicted octanol–water partition coefficient (Wildman–Crippen LogP) is 2.53. The van der Waals surface area contributed by atoms with Crippen LogP contribution in [-0.2, 0) is 34.1 Å². The Balaban J connectivity index is 1.55. The fourth-order valence-electron chi connectivity index (χ4n) is 5.06. The Kier molecular flexibility index (Phi) is 8.76. The Labute approximate surface area is 218 Å². The van der Waals surface area contributed by atoms with E-state index in [2.05, 4.69) is 10.0 Å². The number of hydrogen-bond acceptors (Lipinski definition) is 5. The Morgan fingerprint density at radius 1 is 0.919 bits per heavy atom. The minimum atomic E-state index is -3.61. The number of sulfonamides is 1. The van der Waals surface area contributed by atoms with Crippen LogP contribution in [0.2, 0.25) is 0 Å². The van der Waals surface area contributed by atoms with Crippen molar-refractivity contribution in [2.24, 2.45) is 5.92 Å². The fraction of sp³-hybridized carbons (Fsp3) is 0.345. The van der Waals surface area contributed by atoms with Crippen molar-refractivity contribution in [3.8, 4) is 0 Å². The molecule has 3 aromatic rings. The minimum absolute atomic E-state index is 0.0468. The molecule has 1 amide bonds. The summed E-state index contributed by atoms with van der Waals surface area (Å²) in [7, 11) is -3.61. The van der Waals surface area contributed by atoms with E-state index in [4.69, 9.17) is 0 Å². The van der Waals surface area contributed by atoms with E-state index >= 15 is 0 Å². The molecule has 0 aliphatic heterocycles. The summed E-state index contributed by atoms with van der Waals surface area (Å²) in [6.45, 7) is 0. The van der Waals surface area contributed by atoms with E-state index in [9.17, 15) is 23.4 Å². The smallest absolute Gasteiger partial charge is 0.224 e. The van der Waals surface area contributed by atoms with Crippen LogP contribution in [0.15, 0.2) is 84.9 Å². The first-order valence-electron chi connectivity index (χ1n) is 12.5. The maximum absolute atomic E-state index is 13.6. The van der Waals surface area contributed by atoms with Crippen LogP contribution in [0.3, 0.4) is 0 Å². The number of aliphatic hydroxyl groups excluding tert-OH is 2. The highest BCUT2D eigenvalue weighted by molar-refractivity contribution is 7.88. The Bertz CT molecular complexity index is 1280. The molecule has 3 aromatic carbocycles. The summed E-state index contributed by atoms with van der Waals surface area (Å²) in [5, 5.41) is 24.9. The Morgan fingerprint density at radius 2 is 1.49 bits per heavy atom. The van der Waals surface area contributed by atoms with Gasteiger partial charge in [0.05, 0.1) is 30.5 Å². The molecule has 0 heterocycles. The van der Waals surface area contributed by atoms with Crippen LogP contribution < -0.4 is 10.0 Å². The van der Waals surface area contributed by atoms with E-state index in [1.807, 2.05) is 84.9 Å². The topological polar surface area (TPSA) is 116 Å². The van der Waals surface area contributed by atoms with E-state index in [1.54, 1.807) is 0 Å². The van der Waals surface area contributed by atoms with Crippen molar-refractivity contribution in [2.75, 3.05) is 6.26 Å². The van der Waals surface area contributed by atoms with Gasteiger partial charge in [-0.1, -0.05) is 84.9 Å². The zero-order chi connectivity index (χ0) is 26.4. The fourth-order valence-corrected chi connectivity index (χ4v) is 5.85. The zero-order valence-electron chi connectivity index (χ0n) is 20.8. The van der Waals surface area contributed by atoms with Crippen LogP contribution in [0.4, 0.5) is 0 Å². The van der Waals surface area contributed by atoms with Crippen molar-refractivity contribution in [3.63, 3.8) is 0 Å². The SMILES string of the molecule is CS(=O)(=O)N[C@@H](Cc1ccccc1)[C@@H](O)C[C@@H](Cc1ccccc1)C(=O)N[C@H]1c2ccccc2C[C@H]1O. The van der Waals surface area contributed by atoms with Crippen LogP contribution in [0.1, 0.15) is 34.7 Å². The summed E-state index contributed by atoms with van der Waals surface area (Å²) < 4.78 is 26.8. The van der Waals surface area contributed by atoms with Crippen molar-refractivity contribution < 1.29 is 23.4 Å². The molecule has 196 valence electrons. The first-order chi connectivity index (χ1) is 17.7. The lowest BCUT2D eigenvalue weighted by Crippen LogP contribution is -2.47. The number of amides is 1. The molecule has 1 aliphatic carbocycles. The third-order valence-corrected chi connectivity index (χ3v) is 7.58. The predicted molar refractivity (Wildman–Crippen MR) is 143 cm³/mol. The molecule has 0 saturated heterocycles. The van der Waals surface area contributed by atoms with Gasteiger partial charge in [-0.3, -0.25) is 4.79 Å². The molecule has 8 heteroatoms. The number of aliphatic hydroxyl groups is 2. The molecule has 7 nitrogen and oxygen atoms in total. The number of nitrogens with one attached hydrogen (secondary N) is 2. The monoisotopic (exact) mass is 522 g/mol. The number of carbonyl (C=O) groups is 1. The van der Waals surface area contributed by atoms with Gasteiger partial charge in [0, 0.05) is 12.3 Å². The van der Waals surface area contributed by atoms with Gasteiger partial charge in [-0.15, -0.1) is 0 Å². The average Bonchev–Trinajstić information content (AvgIpc) is 3.18. The van der Waals surface area contributed by atoms with Crippen LogP contribution in [0.25, 0.3) is 0 Å². The highest BCUT2D eigenvalue weighted by Crippen LogP contribution is 2.32. The number of carbonyl (C=O) groups excluding carboxylic acids is 1. The first kappa shape index (κ1) is 27.0. The summed E-state index contributed by atoms with van der Waals surface area (Å²) in [5.41, 5.74) is 3.69. The molecule has 0 radical (unpaired) electrons. The maximum Gasteiger partial charge on any atom is 0.224 e. The quantitative estimate of drug-likeness (QED) is 0.309. The van der Waals surface area contributed by atoms with Gasteiger partial charge < -0.3 is 15.5 Å². The molecular formula is C29H34N2O5S.